The molecule has 0 aliphatic carbocycles. The summed E-state index contributed by atoms with van der Waals surface area (Å²) in [7, 11) is 0. The van der Waals surface area contributed by atoms with Gasteiger partial charge in [0.1, 0.15) is 0 Å². The summed E-state index contributed by atoms with van der Waals surface area (Å²) in [5.74, 6) is -0.212. The van der Waals surface area contributed by atoms with Gasteiger partial charge in [0.15, 0.2) is 0 Å². The number of benzene rings is 1. The molecular formula is C15H17F3N2O2. The molecule has 0 spiro atoms. The lowest BCUT2D eigenvalue weighted by Crippen LogP contribution is -2.16. The van der Waals surface area contributed by atoms with Crippen LogP contribution in [0.15, 0.2) is 29.1 Å². The average Bonchev–Trinajstić information content (AvgIpc) is 2.71. The number of aromatic nitrogens is 2. The fourth-order valence-corrected chi connectivity index (χ4v) is 2.22. The Balaban J connectivity index is 2.26. The van der Waals surface area contributed by atoms with Crippen molar-refractivity contribution in [1.29, 1.82) is 0 Å². The quantitative estimate of drug-likeness (QED) is 0.889. The minimum Gasteiger partial charge on any atom is -0.493 e. The van der Waals surface area contributed by atoms with Gasteiger partial charge >= 0.3 is 11.9 Å². The molecule has 0 atom stereocenters. The van der Waals surface area contributed by atoms with Crippen LogP contribution in [0.2, 0.25) is 0 Å². The van der Waals surface area contributed by atoms with Gasteiger partial charge in [-0.15, -0.1) is 0 Å². The summed E-state index contributed by atoms with van der Waals surface area (Å²) in [4.78, 5) is 14.3. The van der Waals surface area contributed by atoms with Crippen LogP contribution in [-0.4, -0.2) is 14.7 Å². The zero-order valence-electron chi connectivity index (χ0n) is 12.1. The largest absolute Gasteiger partial charge is 0.493 e. The average molecular weight is 314 g/mol. The SMILES string of the molecule is CCCCn1c(O)c(Cc2cccc(C(F)(F)F)c2)[nH]c1=O. The lowest BCUT2D eigenvalue weighted by atomic mass is 10.1. The first-order valence-corrected chi connectivity index (χ1v) is 6.99. The zero-order chi connectivity index (χ0) is 16.3. The highest BCUT2D eigenvalue weighted by atomic mass is 19.4. The number of aromatic amines is 1. The number of H-pyrrole nitrogens is 1. The van der Waals surface area contributed by atoms with E-state index in [4.69, 9.17) is 0 Å². The van der Waals surface area contributed by atoms with E-state index in [2.05, 4.69) is 4.98 Å². The Kier molecular flexibility index (Phi) is 4.63. The van der Waals surface area contributed by atoms with E-state index in [0.29, 0.717) is 12.1 Å². The number of aromatic hydroxyl groups is 1. The van der Waals surface area contributed by atoms with Gasteiger partial charge in [-0.3, -0.25) is 4.57 Å². The van der Waals surface area contributed by atoms with Gasteiger partial charge in [0, 0.05) is 13.0 Å². The zero-order valence-corrected chi connectivity index (χ0v) is 12.1. The van der Waals surface area contributed by atoms with Crippen LogP contribution in [0.25, 0.3) is 0 Å². The molecule has 2 N–H and O–H groups in total. The van der Waals surface area contributed by atoms with Crippen LogP contribution in [0.5, 0.6) is 5.88 Å². The van der Waals surface area contributed by atoms with Crippen molar-refractivity contribution in [2.45, 2.75) is 38.9 Å². The molecule has 1 aromatic heterocycles. The second-order valence-electron chi connectivity index (χ2n) is 5.11. The first-order chi connectivity index (χ1) is 10.3. The molecule has 0 aliphatic heterocycles. The summed E-state index contributed by atoms with van der Waals surface area (Å²) in [6.45, 7) is 2.33. The van der Waals surface area contributed by atoms with E-state index in [1.807, 2.05) is 6.92 Å². The van der Waals surface area contributed by atoms with Gasteiger partial charge in [-0.25, -0.2) is 4.79 Å². The van der Waals surface area contributed by atoms with E-state index in [9.17, 15) is 23.1 Å². The van der Waals surface area contributed by atoms with Crippen LogP contribution in [0, 0.1) is 0 Å². The Hall–Kier alpha value is -2.18. The maximum Gasteiger partial charge on any atom is 0.416 e. The third kappa shape index (κ3) is 3.52. The summed E-state index contributed by atoms with van der Waals surface area (Å²) in [5, 5.41) is 10.0. The summed E-state index contributed by atoms with van der Waals surface area (Å²) < 4.78 is 39.2. The molecular weight excluding hydrogens is 297 g/mol. The highest BCUT2D eigenvalue weighted by Gasteiger charge is 2.30. The van der Waals surface area contributed by atoms with Gasteiger partial charge in [0.2, 0.25) is 5.88 Å². The molecule has 0 aliphatic rings. The molecule has 4 nitrogen and oxygen atoms in total. The van der Waals surface area contributed by atoms with Gasteiger partial charge in [-0.05, 0) is 18.1 Å². The first-order valence-electron chi connectivity index (χ1n) is 6.99. The number of nitrogens with one attached hydrogen (secondary N) is 1. The number of unbranched alkanes of at least 4 members (excludes halogenated alkanes) is 1. The summed E-state index contributed by atoms with van der Waals surface area (Å²) >= 11 is 0. The molecule has 0 fully saturated rings. The predicted octanol–water partition coefficient (Wildman–Crippen LogP) is 3.29. The minimum atomic E-state index is -4.42. The summed E-state index contributed by atoms with van der Waals surface area (Å²) in [5.41, 5.74) is -0.611. The number of nitrogens with zero attached hydrogens (tertiary/aromatic N) is 1. The molecule has 0 amide bonds. The van der Waals surface area contributed by atoms with Crippen molar-refractivity contribution in [1.82, 2.24) is 9.55 Å². The smallest absolute Gasteiger partial charge is 0.416 e. The molecule has 0 radical (unpaired) electrons. The number of rotatable bonds is 5. The molecule has 0 saturated carbocycles. The maximum absolute atomic E-state index is 12.7. The number of hydrogen-bond acceptors (Lipinski definition) is 2. The molecule has 1 heterocycles. The number of imidazole rings is 1. The van der Waals surface area contributed by atoms with Crippen LogP contribution < -0.4 is 5.69 Å². The highest BCUT2D eigenvalue weighted by Crippen LogP contribution is 2.30. The maximum atomic E-state index is 12.7. The number of halogens is 3. The van der Waals surface area contributed by atoms with Gasteiger partial charge in [-0.2, -0.15) is 13.2 Å². The summed E-state index contributed by atoms with van der Waals surface area (Å²) in [6.07, 6.45) is -2.79. The van der Waals surface area contributed by atoms with E-state index in [0.717, 1.165) is 25.0 Å². The summed E-state index contributed by atoms with van der Waals surface area (Å²) in [6, 6.07) is 4.83. The fraction of sp³-hybridized carbons (Fsp3) is 0.400. The molecule has 2 aromatic rings. The third-order valence-electron chi connectivity index (χ3n) is 3.40. The lowest BCUT2D eigenvalue weighted by molar-refractivity contribution is -0.137. The first kappa shape index (κ1) is 16.2. The van der Waals surface area contributed by atoms with Gasteiger partial charge in [0.05, 0.1) is 11.3 Å². The molecule has 1 aromatic carbocycles. The van der Waals surface area contributed by atoms with E-state index >= 15 is 0 Å². The number of alkyl halides is 3. The van der Waals surface area contributed by atoms with Gasteiger partial charge in [-0.1, -0.05) is 31.5 Å². The number of hydrogen-bond donors (Lipinski definition) is 2. The second-order valence-corrected chi connectivity index (χ2v) is 5.11. The van der Waals surface area contributed by atoms with Crippen LogP contribution in [0.3, 0.4) is 0 Å². The van der Waals surface area contributed by atoms with Crippen molar-refractivity contribution < 1.29 is 18.3 Å². The van der Waals surface area contributed by atoms with Crippen LogP contribution >= 0.6 is 0 Å². The monoisotopic (exact) mass is 314 g/mol. The van der Waals surface area contributed by atoms with Crippen LogP contribution in [0.1, 0.15) is 36.6 Å². The molecule has 0 unspecified atom stereocenters. The molecule has 120 valence electrons. The van der Waals surface area contributed by atoms with Crippen molar-refractivity contribution in [3.05, 3.63) is 51.6 Å². The van der Waals surface area contributed by atoms with E-state index in [-0.39, 0.29) is 18.0 Å². The molecule has 22 heavy (non-hydrogen) atoms. The normalized spacial score (nSPS) is 11.8. The van der Waals surface area contributed by atoms with Crippen LogP contribution in [0.4, 0.5) is 13.2 Å². The van der Waals surface area contributed by atoms with E-state index < -0.39 is 17.4 Å². The van der Waals surface area contributed by atoms with Crippen LogP contribution in [-0.2, 0) is 19.1 Å². The van der Waals surface area contributed by atoms with Crippen molar-refractivity contribution in [3.63, 3.8) is 0 Å². The molecule has 0 saturated heterocycles. The lowest BCUT2D eigenvalue weighted by Gasteiger charge is -2.08. The van der Waals surface area contributed by atoms with Gasteiger partial charge < -0.3 is 10.1 Å². The minimum absolute atomic E-state index is 0.0319. The van der Waals surface area contributed by atoms with Gasteiger partial charge in [0.25, 0.3) is 0 Å². The third-order valence-corrected chi connectivity index (χ3v) is 3.40. The Bertz CT molecular complexity index is 702. The Morgan fingerprint density at radius 2 is 2.05 bits per heavy atom. The molecule has 0 bridgehead atoms. The van der Waals surface area contributed by atoms with E-state index in [1.54, 1.807) is 0 Å². The second kappa shape index (κ2) is 6.29. The predicted molar refractivity (Wildman–Crippen MR) is 75.9 cm³/mol. The van der Waals surface area contributed by atoms with Crippen molar-refractivity contribution in [3.8, 4) is 5.88 Å². The topological polar surface area (TPSA) is 58.0 Å². The Morgan fingerprint density at radius 3 is 2.68 bits per heavy atom. The van der Waals surface area contributed by atoms with Crippen molar-refractivity contribution in [2.24, 2.45) is 0 Å². The Labute approximate surface area is 125 Å². The Morgan fingerprint density at radius 1 is 1.32 bits per heavy atom. The standard InChI is InChI=1S/C15H17F3N2O2/c1-2-3-7-20-13(21)12(19-14(20)22)9-10-5-4-6-11(8-10)15(16,17)18/h4-6,8,21H,2-3,7,9H2,1H3,(H,19,22). The molecule has 2 rings (SSSR count). The highest BCUT2D eigenvalue weighted by molar-refractivity contribution is 5.31. The van der Waals surface area contributed by atoms with Crippen molar-refractivity contribution >= 4 is 0 Å². The van der Waals surface area contributed by atoms with Crippen molar-refractivity contribution in [2.75, 3.05) is 0 Å². The molecule has 7 heteroatoms. The fourth-order valence-electron chi connectivity index (χ4n) is 2.22. The van der Waals surface area contributed by atoms with E-state index in [1.165, 1.54) is 16.7 Å².